The van der Waals surface area contributed by atoms with Crippen LogP contribution < -0.4 is 5.32 Å². The van der Waals surface area contributed by atoms with E-state index < -0.39 is 0 Å². The van der Waals surface area contributed by atoms with Crippen LogP contribution in [0.4, 0.5) is 5.69 Å². The Morgan fingerprint density at radius 3 is 2.83 bits per heavy atom. The number of nitrogens with one attached hydrogen (secondary N) is 2. The number of amides is 1. The lowest BCUT2D eigenvalue weighted by Crippen LogP contribution is -2.03. The Kier molecular flexibility index (Phi) is 2.83. The highest BCUT2D eigenvalue weighted by Gasteiger charge is 2.26. The number of hydrogen-bond donors (Lipinski definition) is 2. The van der Waals surface area contributed by atoms with E-state index in [-0.39, 0.29) is 5.91 Å². The van der Waals surface area contributed by atoms with Gasteiger partial charge in [-0.15, -0.1) is 0 Å². The smallest absolute Gasteiger partial charge is 0.256 e. The van der Waals surface area contributed by atoms with Crippen LogP contribution in [0, 0.1) is 0 Å². The molecular weight excluding hydrogens is 362 g/mol. The van der Waals surface area contributed by atoms with Crippen molar-refractivity contribution in [3.63, 3.8) is 0 Å². The molecule has 2 heterocycles. The molecule has 18 heavy (non-hydrogen) atoms. The Bertz CT molecular complexity index is 662. The molecule has 0 unspecified atom stereocenters. The number of benzene rings is 1. The van der Waals surface area contributed by atoms with Crippen molar-refractivity contribution in [2.24, 2.45) is 0 Å². The summed E-state index contributed by atoms with van der Waals surface area (Å²) >= 11 is 6.86. The van der Waals surface area contributed by atoms with Crippen LogP contribution in [0.2, 0.25) is 0 Å². The number of halogens is 2. The molecule has 0 spiro atoms. The highest BCUT2D eigenvalue weighted by atomic mass is 79.9. The van der Waals surface area contributed by atoms with Crippen molar-refractivity contribution in [2.45, 2.75) is 0 Å². The van der Waals surface area contributed by atoms with Gasteiger partial charge in [0.2, 0.25) is 0 Å². The fraction of sp³-hybridized carbons (Fsp3) is 0. The number of fused-ring (bicyclic) bond motifs is 1. The zero-order chi connectivity index (χ0) is 12.7. The molecule has 3 rings (SSSR count). The zero-order valence-corrected chi connectivity index (χ0v) is 12.2. The quantitative estimate of drug-likeness (QED) is 0.757. The maximum absolute atomic E-state index is 12.0. The van der Waals surface area contributed by atoms with Gasteiger partial charge in [-0.1, -0.05) is 15.9 Å². The largest absolute Gasteiger partial charge is 0.345 e. The number of aromatic amines is 1. The summed E-state index contributed by atoms with van der Waals surface area (Å²) < 4.78 is 1.76. The van der Waals surface area contributed by atoms with Gasteiger partial charge in [0.1, 0.15) is 5.82 Å². The molecule has 1 aliphatic rings. The molecule has 4 nitrogen and oxygen atoms in total. The van der Waals surface area contributed by atoms with Crippen molar-refractivity contribution in [1.29, 1.82) is 0 Å². The van der Waals surface area contributed by atoms with Gasteiger partial charge in [0.05, 0.1) is 11.3 Å². The number of nitrogens with zero attached hydrogens (tertiary/aromatic N) is 1. The van der Waals surface area contributed by atoms with Crippen LogP contribution >= 0.6 is 31.9 Å². The van der Waals surface area contributed by atoms with Gasteiger partial charge in [0.15, 0.2) is 0 Å². The third-order valence-electron chi connectivity index (χ3n) is 2.63. The van der Waals surface area contributed by atoms with Crippen LogP contribution in [-0.2, 0) is 4.79 Å². The van der Waals surface area contributed by atoms with E-state index in [1.807, 2.05) is 12.1 Å². The van der Waals surface area contributed by atoms with Crippen LogP contribution in [0.25, 0.3) is 11.6 Å². The summed E-state index contributed by atoms with van der Waals surface area (Å²) in [4.78, 5) is 19.0. The number of carbonyl (C=O) groups is 1. The number of H-pyrrole nitrogens is 1. The number of carbonyl (C=O) groups excluding carboxylic acids is 1. The van der Waals surface area contributed by atoms with Crippen molar-refractivity contribution in [3.05, 3.63) is 44.9 Å². The number of rotatable bonds is 1. The lowest BCUT2D eigenvalue weighted by atomic mass is 10.1. The minimum absolute atomic E-state index is 0.125. The minimum Gasteiger partial charge on any atom is -0.345 e. The first-order valence-electron chi connectivity index (χ1n) is 5.17. The number of anilines is 1. The van der Waals surface area contributed by atoms with Gasteiger partial charge in [0.25, 0.3) is 5.91 Å². The van der Waals surface area contributed by atoms with E-state index in [0.29, 0.717) is 11.4 Å². The second-order valence-electron chi connectivity index (χ2n) is 3.80. The fourth-order valence-electron chi connectivity index (χ4n) is 1.85. The van der Waals surface area contributed by atoms with Gasteiger partial charge < -0.3 is 10.3 Å². The first-order chi connectivity index (χ1) is 8.65. The van der Waals surface area contributed by atoms with Crippen molar-refractivity contribution in [3.8, 4) is 0 Å². The Labute approximate surface area is 120 Å². The Morgan fingerprint density at radius 2 is 2.11 bits per heavy atom. The molecule has 2 aromatic rings. The standard InChI is InChI=1S/C12H7Br2N3O/c13-6-3-7-8(5-10-15-1-2-16-10)12(18)17-11(7)9(14)4-6/h1-5H,(H,15,16)(H,17,18). The van der Waals surface area contributed by atoms with E-state index >= 15 is 0 Å². The lowest BCUT2D eigenvalue weighted by Gasteiger charge is -2.02. The van der Waals surface area contributed by atoms with Crippen LogP contribution in [0.1, 0.15) is 11.4 Å². The maximum atomic E-state index is 12.0. The van der Waals surface area contributed by atoms with Gasteiger partial charge in [0, 0.05) is 26.9 Å². The average Bonchev–Trinajstić information content (AvgIpc) is 2.91. The first-order valence-corrected chi connectivity index (χ1v) is 6.75. The number of aromatic nitrogens is 2. The summed E-state index contributed by atoms with van der Waals surface area (Å²) in [7, 11) is 0. The van der Waals surface area contributed by atoms with E-state index in [1.54, 1.807) is 18.5 Å². The zero-order valence-electron chi connectivity index (χ0n) is 9.00. The molecule has 0 saturated heterocycles. The first kappa shape index (κ1) is 11.7. The van der Waals surface area contributed by atoms with Gasteiger partial charge in [-0.25, -0.2) is 4.98 Å². The summed E-state index contributed by atoms with van der Waals surface area (Å²) in [5, 5.41) is 2.84. The summed E-state index contributed by atoms with van der Waals surface area (Å²) in [6.07, 6.45) is 5.11. The molecule has 1 amide bonds. The van der Waals surface area contributed by atoms with E-state index in [2.05, 4.69) is 47.1 Å². The van der Waals surface area contributed by atoms with Gasteiger partial charge in [-0.2, -0.15) is 0 Å². The van der Waals surface area contributed by atoms with Crippen molar-refractivity contribution in [2.75, 3.05) is 5.32 Å². The van der Waals surface area contributed by atoms with Gasteiger partial charge >= 0.3 is 0 Å². The molecule has 0 saturated carbocycles. The Balaban J connectivity index is 2.18. The third kappa shape index (κ3) is 1.91. The molecule has 6 heteroatoms. The van der Waals surface area contributed by atoms with E-state index in [1.165, 1.54) is 0 Å². The summed E-state index contributed by atoms with van der Waals surface area (Å²) in [5.74, 6) is 0.532. The highest BCUT2D eigenvalue weighted by Crippen LogP contribution is 2.40. The minimum atomic E-state index is -0.125. The molecule has 1 aliphatic heterocycles. The predicted molar refractivity (Wildman–Crippen MR) is 76.9 cm³/mol. The second kappa shape index (κ2) is 4.37. The Morgan fingerprint density at radius 1 is 1.28 bits per heavy atom. The summed E-state index contributed by atoms with van der Waals surface area (Å²) in [6.45, 7) is 0. The second-order valence-corrected chi connectivity index (χ2v) is 5.57. The summed E-state index contributed by atoms with van der Waals surface area (Å²) in [6, 6.07) is 3.81. The lowest BCUT2D eigenvalue weighted by molar-refractivity contribution is -0.110. The van der Waals surface area contributed by atoms with Gasteiger partial charge in [-0.3, -0.25) is 4.79 Å². The van der Waals surface area contributed by atoms with Crippen molar-refractivity contribution < 1.29 is 4.79 Å². The fourth-order valence-corrected chi connectivity index (χ4v) is 3.18. The van der Waals surface area contributed by atoms with E-state index in [9.17, 15) is 4.79 Å². The maximum Gasteiger partial charge on any atom is 0.256 e. The molecule has 0 radical (unpaired) electrons. The predicted octanol–water partition coefficient (Wildman–Crippen LogP) is 3.43. The molecule has 1 aromatic carbocycles. The van der Waals surface area contributed by atoms with Crippen molar-refractivity contribution >= 4 is 55.1 Å². The van der Waals surface area contributed by atoms with E-state index in [0.717, 1.165) is 20.2 Å². The topological polar surface area (TPSA) is 57.8 Å². The molecule has 0 aliphatic carbocycles. The summed E-state index contributed by atoms with van der Waals surface area (Å²) in [5.41, 5.74) is 2.25. The van der Waals surface area contributed by atoms with Crippen molar-refractivity contribution in [1.82, 2.24) is 9.97 Å². The molecular formula is C12H7Br2N3O. The van der Waals surface area contributed by atoms with Crippen LogP contribution in [0.3, 0.4) is 0 Å². The van der Waals surface area contributed by atoms with Crippen LogP contribution in [0.5, 0.6) is 0 Å². The molecule has 1 aromatic heterocycles. The normalized spacial score (nSPS) is 15.9. The van der Waals surface area contributed by atoms with Gasteiger partial charge in [-0.05, 0) is 34.1 Å². The number of hydrogen-bond acceptors (Lipinski definition) is 2. The molecule has 0 bridgehead atoms. The van der Waals surface area contributed by atoms with Crippen LogP contribution in [0.15, 0.2) is 33.5 Å². The highest BCUT2D eigenvalue weighted by molar-refractivity contribution is 9.11. The van der Waals surface area contributed by atoms with Crippen LogP contribution in [-0.4, -0.2) is 15.9 Å². The third-order valence-corrected chi connectivity index (χ3v) is 3.71. The van der Waals surface area contributed by atoms with E-state index in [4.69, 9.17) is 0 Å². The molecule has 2 N–H and O–H groups in total. The molecule has 0 fully saturated rings. The Hall–Kier alpha value is -1.40. The SMILES string of the molecule is O=C1Nc2c(Br)cc(Br)cc2C1=Cc1ncc[nH]1. The molecule has 0 atom stereocenters. The number of imidazole rings is 1. The molecule has 90 valence electrons. The monoisotopic (exact) mass is 367 g/mol. The average molecular weight is 369 g/mol.